The molecule has 0 unspecified atom stereocenters. The van der Waals surface area contributed by atoms with Gasteiger partial charge >= 0.3 is 0 Å². The SMILES string of the molecule is O=C1N[C@](c2ccc(F)cc2)(c2ccc(-c3cccc(O[C@H]4O[C@@H](CO)[C@H](O)[C@@H](O)[C@@H]4O)c3)cc2)[C@H]1CC[C@H](O)c1ccc(F)cc1. The Balaban J connectivity index is 1.24. The number of aliphatic hydroxyl groups is 5. The van der Waals surface area contributed by atoms with Crippen LogP contribution in [0.3, 0.4) is 0 Å². The third-order valence-electron chi connectivity index (χ3n) is 9.05. The molecule has 9 nitrogen and oxygen atoms in total. The number of benzene rings is 4. The maximum atomic E-state index is 13.9. The maximum Gasteiger partial charge on any atom is 0.229 e. The van der Waals surface area contributed by atoms with E-state index in [1.165, 1.54) is 36.4 Å². The Hall–Kier alpha value is -4.23. The van der Waals surface area contributed by atoms with Crippen LogP contribution in [0.1, 0.15) is 35.6 Å². The topological polar surface area (TPSA) is 149 Å². The van der Waals surface area contributed by atoms with Gasteiger partial charge in [-0.05, 0) is 77.1 Å². The molecule has 0 bridgehead atoms. The summed E-state index contributed by atoms with van der Waals surface area (Å²) in [6, 6.07) is 25.9. The number of aliphatic hydroxyl groups excluding tert-OH is 5. The van der Waals surface area contributed by atoms with E-state index in [1.54, 1.807) is 30.3 Å². The van der Waals surface area contributed by atoms with Crippen molar-refractivity contribution in [3.8, 4) is 16.9 Å². The number of ether oxygens (including phenoxy) is 2. The van der Waals surface area contributed by atoms with E-state index in [9.17, 15) is 39.1 Å². The summed E-state index contributed by atoms with van der Waals surface area (Å²) in [4.78, 5) is 13.0. The van der Waals surface area contributed by atoms with Crippen LogP contribution in [-0.4, -0.2) is 68.8 Å². The Morgan fingerprint density at radius 2 is 1.43 bits per heavy atom. The molecule has 2 aliphatic heterocycles. The molecule has 2 fully saturated rings. The van der Waals surface area contributed by atoms with Crippen LogP contribution in [0, 0.1) is 17.6 Å². The highest BCUT2D eigenvalue weighted by molar-refractivity contribution is 5.90. The fourth-order valence-corrected chi connectivity index (χ4v) is 6.41. The van der Waals surface area contributed by atoms with Gasteiger partial charge in [0.25, 0.3) is 0 Å². The lowest BCUT2D eigenvalue weighted by molar-refractivity contribution is -0.277. The molecular formula is C36H35F2NO8. The molecule has 4 aromatic rings. The second kappa shape index (κ2) is 13.5. The van der Waals surface area contributed by atoms with E-state index in [0.717, 1.165) is 16.7 Å². The van der Waals surface area contributed by atoms with Crippen molar-refractivity contribution in [2.75, 3.05) is 6.61 Å². The van der Waals surface area contributed by atoms with Crippen LogP contribution < -0.4 is 10.1 Å². The van der Waals surface area contributed by atoms with Gasteiger partial charge in [0, 0.05) is 0 Å². The number of carbonyl (C=O) groups excluding carboxylic acids is 1. The molecule has 11 heteroatoms. The molecule has 4 aromatic carbocycles. The summed E-state index contributed by atoms with van der Waals surface area (Å²) in [5.41, 5.74) is 2.52. The van der Waals surface area contributed by atoms with Crippen molar-refractivity contribution in [3.05, 3.63) is 125 Å². The summed E-state index contributed by atoms with van der Waals surface area (Å²) in [6.45, 7) is -0.577. The van der Waals surface area contributed by atoms with E-state index in [-0.39, 0.29) is 12.3 Å². The summed E-state index contributed by atoms with van der Waals surface area (Å²) in [5, 5.41) is 53.9. The molecular weight excluding hydrogens is 612 g/mol. The second-order valence-electron chi connectivity index (χ2n) is 11.9. The fraction of sp³-hybridized carbons (Fsp3) is 0.306. The van der Waals surface area contributed by atoms with Crippen molar-refractivity contribution >= 4 is 5.91 Å². The van der Waals surface area contributed by atoms with Gasteiger partial charge in [-0.1, -0.05) is 60.7 Å². The van der Waals surface area contributed by atoms with E-state index >= 15 is 0 Å². The lowest BCUT2D eigenvalue weighted by Crippen LogP contribution is -2.67. The zero-order valence-corrected chi connectivity index (χ0v) is 25.1. The van der Waals surface area contributed by atoms with Gasteiger partial charge in [0.15, 0.2) is 0 Å². The van der Waals surface area contributed by atoms with Crippen molar-refractivity contribution in [2.24, 2.45) is 5.92 Å². The summed E-state index contributed by atoms with van der Waals surface area (Å²) >= 11 is 0. The molecule has 0 aromatic heterocycles. The van der Waals surface area contributed by atoms with E-state index in [2.05, 4.69) is 5.32 Å². The normalized spacial score (nSPS) is 27.9. The van der Waals surface area contributed by atoms with Crippen molar-refractivity contribution < 1.29 is 48.6 Å². The number of amides is 1. The van der Waals surface area contributed by atoms with E-state index < -0.39 is 66.5 Å². The Bertz CT molecular complexity index is 1680. The highest BCUT2D eigenvalue weighted by Crippen LogP contribution is 2.47. The standard InChI is InChI=1S/C36H35F2NO8/c37-25-12-6-21(7-13-25)29(41)17-16-28-34(45)39-36(28,24-10-14-26(38)15-11-24)23-8-4-20(5-9-23)22-2-1-3-27(18-22)46-35-33(44)32(43)31(42)30(19-40)47-35/h1-15,18,28-33,35,40-44H,16-17,19H2,(H,39,45)/t28-,29-,30-,31-,32+,33-,35-,36-/m0/s1. The molecule has 246 valence electrons. The second-order valence-corrected chi connectivity index (χ2v) is 11.9. The van der Waals surface area contributed by atoms with Crippen LogP contribution in [0.2, 0.25) is 0 Å². The number of hydrogen-bond donors (Lipinski definition) is 6. The number of halogens is 2. The molecule has 0 radical (unpaired) electrons. The minimum atomic E-state index is -1.57. The first kappa shape index (κ1) is 32.7. The highest BCUT2D eigenvalue weighted by atomic mass is 19.1. The first-order valence-corrected chi connectivity index (χ1v) is 15.3. The molecule has 0 spiro atoms. The van der Waals surface area contributed by atoms with Crippen LogP contribution in [0.15, 0.2) is 97.1 Å². The summed E-state index contributed by atoms with van der Waals surface area (Å²) in [7, 11) is 0. The zero-order valence-electron chi connectivity index (χ0n) is 25.1. The summed E-state index contributed by atoms with van der Waals surface area (Å²) < 4.78 is 38.6. The van der Waals surface area contributed by atoms with Crippen molar-refractivity contribution in [1.82, 2.24) is 5.32 Å². The number of nitrogens with one attached hydrogen (secondary N) is 1. The molecule has 47 heavy (non-hydrogen) atoms. The van der Waals surface area contributed by atoms with Crippen LogP contribution in [-0.2, 0) is 15.1 Å². The lowest BCUT2D eigenvalue weighted by Gasteiger charge is -2.50. The van der Waals surface area contributed by atoms with E-state index in [1.807, 2.05) is 30.3 Å². The first-order chi connectivity index (χ1) is 22.6. The molecule has 2 aliphatic rings. The minimum Gasteiger partial charge on any atom is -0.462 e. The van der Waals surface area contributed by atoms with Gasteiger partial charge in [0.05, 0.1) is 18.6 Å². The van der Waals surface area contributed by atoms with E-state index in [4.69, 9.17) is 9.47 Å². The maximum absolute atomic E-state index is 13.9. The summed E-state index contributed by atoms with van der Waals surface area (Å²) in [5.74, 6) is -1.30. The number of hydrogen-bond acceptors (Lipinski definition) is 8. The van der Waals surface area contributed by atoms with Gasteiger partial charge in [0.2, 0.25) is 12.2 Å². The quantitative estimate of drug-likeness (QED) is 0.144. The zero-order chi connectivity index (χ0) is 33.3. The predicted octanol–water partition coefficient (Wildman–Crippen LogP) is 3.31. The van der Waals surface area contributed by atoms with Crippen LogP contribution in [0.25, 0.3) is 11.1 Å². The lowest BCUT2D eigenvalue weighted by atomic mass is 9.64. The summed E-state index contributed by atoms with van der Waals surface area (Å²) in [6.07, 6.45) is -7.43. The molecule has 8 atom stereocenters. The van der Waals surface area contributed by atoms with Gasteiger partial charge in [-0.15, -0.1) is 0 Å². The van der Waals surface area contributed by atoms with Gasteiger partial charge in [-0.3, -0.25) is 4.79 Å². The Morgan fingerprint density at radius 3 is 2.04 bits per heavy atom. The smallest absolute Gasteiger partial charge is 0.229 e. The third kappa shape index (κ3) is 6.38. The predicted molar refractivity (Wildman–Crippen MR) is 166 cm³/mol. The number of β-lactam (4-membered cyclic amide) rings is 1. The average Bonchev–Trinajstić information content (AvgIpc) is 3.08. The Morgan fingerprint density at radius 1 is 0.809 bits per heavy atom. The molecule has 0 aliphatic carbocycles. The highest BCUT2D eigenvalue weighted by Gasteiger charge is 2.55. The molecule has 2 heterocycles. The van der Waals surface area contributed by atoms with Gasteiger partial charge in [0.1, 0.15) is 47.3 Å². The average molecular weight is 648 g/mol. The van der Waals surface area contributed by atoms with Gasteiger partial charge in [-0.2, -0.15) is 0 Å². The Kier molecular flexibility index (Phi) is 9.38. The van der Waals surface area contributed by atoms with Gasteiger partial charge in [-0.25, -0.2) is 8.78 Å². The van der Waals surface area contributed by atoms with Crippen molar-refractivity contribution in [2.45, 2.75) is 55.2 Å². The van der Waals surface area contributed by atoms with Crippen LogP contribution in [0.4, 0.5) is 8.78 Å². The molecule has 2 saturated heterocycles. The number of carbonyl (C=O) groups is 1. The van der Waals surface area contributed by atoms with Crippen molar-refractivity contribution in [1.29, 1.82) is 0 Å². The molecule has 6 N–H and O–H groups in total. The fourth-order valence-electron chi connectivity index (χ4n) is 6.41. The minimum absolute atomic E-state index is 0.206. The molecule has 1 amide bonds. The van der Waals surface area contributed by atoms with Crippen LogP contribution >= 0.6 is 0 Å². The van der Waals surface area contributed by atoms with E-state index in [0.29, 0.717) is 23.3 Å². The van der Waals surface area contributed by atoms with Crippen molar-refractivity contribution in [3.63, 3.8) is 0 Å². The Labute approximate surface area is 269 Å². The monoisotopic (exact) mass is 647 g/mol. The third-order valence-corrected chi connectivity index (χ3v) is 9.05. The molecule has 6 rings (SSSR count). The van der Waals surface area contributed by atoms with Gasteiger partial charge < -0.3 is 40.3 Å². The van der Waals surface area contributed by atoms with Crippen LogP contribution in [0.5, 0.6) is 5.75 Å². The first-order valence-electron chi connectivity index (χ1n) is 15.3. The largest absolute Gasteiger partial charge is 0.462 e. The molecule has 0 saturated carbocycles. The number of rotatable bonds is 10.